The number of nitrogens with zero attached hydrogens (tertiary/aromatic N) is 1. The maximum atomic E-state index is 12.1. The zero-order chi connectivity index (χ0) is 15.8. The van der Waals surface area contributed by atoms with E-state index in [4.69, 9.17) is 0 Å². The Morgan fingerprint density at radius 3 is 2.64 bits per heavy atom. The quantitative estimate of drug-likeness (QED) is 0.758. The average Bonchev–Trinajstić information content (AvgIpc) is 2.54. The van der Waals surface area contributed by atoms with Gasteiger partial charge in [0, 0.05) is 24.0 Å². The maximum absolute atomic E-state index is 12.1. The maximum Gasteiger partial charge on any atom is 0.251 e. The summed E-state index contributed by atoms with van der Waals surface area (Å²) in [6.07, 6.45) is 4.95. The lowest BCUT2D eigenvalue weighted by atomic mass is 10.2. The van der Waals surface area contributed by atoms with Crippen LogP contribution in [0.15, 0.2) is 42.6 Å². The fraction of sp³-hybridized carbons (Fsp3) is 0.333. The number of pyridine rings is 1. The zero-order valence-corrected chi connectivity index (χ0v) is 13.2. The smallest absolute Gasteiger partial charge is 0.251 e. The lowest BCUT2D eigenvalue weighted by molar-refractivity contribution is 0.0953. The molecule has 1 aromatic heterocycles. The Morgan fingerprint density at radius 2 is 1.91 bits per heavy atom. The molecule has 0 unspecified atom stereocenters. The minimum absolute atomic E-state index is 0.0505. The van der Waals surface area contributed by atoms with E-state index in [1.165, 1.54) is 5.56 Å². The van der Waals surface area contributed by atoms with Gasteiger partial charge in [0.1, 0.15) is 5.82 Å². The molecule has 0 atom stereocenters. The molecule has 0 bridgehead atoms. The van der Waals surface area contributed by atoms with Gasteiger partial charge in [0.05, 0.1) is 0 Å². The summed E-state index contributed by atoms with van der Waals surface area (Å²) in [5.74, 6) is 0.621. The molecule has 4 heteroatoms. The van der Waals surface area contributed by atoms with Crippen molar-refractivity contribution in [2.24, 2.45) is 0 Å². The van der Waals surface area contributed by atoms with Crippen LogP contribution in [0, 0.1) is 6.92 Å². The van der Waals surface area contributed by atoms with Gasteiger partial charge in [0.15, 0.2) is 0 Å². The van der Waals surface area contributed by atoms with Gasteiger partial charge in [-0.15, -0.1) is 0 Å². The summed E-state index contributed by atoms with van der Waals surface area (Å²) in [6.45, 7) is 4.91. The number of amides is 1. The summed E-state index contributed by atoms with van der Waals surface area (Å²) in [4.78, 5) is 16.3. The van der Waals surface area contributed by atoms with E-state index in [9.17, 15) is 4.79 Å². The summed E-state index contributed by atoms with van der Waals surface area (Å²) in [6, 6.07) is 11.6. The van der Waals surface area contributed by atoms with Crippen LogP contribution in [0.3, 0.4) is 0 Å². The number of anilines is 2. The highest BCUT2D eigenvalue weighted by atomic mass is 16.1. The van der Waals surface area contributed by atoms with E-state index in [1.807, 2.05) is 31.2 Å². The third-order valence-electron chi connectivity index (χ3n) is 3.41. The van der Waals surface area contributed by atoms with Crippen LogP contribution in [0.4, 0.5) is 11.5 Å². The lowest BCUT2D eigenvalue weighted by Crippen LogP contribution is -2.24. The van der Waals surface area contributed by atoms with Crippen molar-refractivity contribution >= 4 is 17.4 Å². The standard InChI is InChI=1S/C18H23N3O/c1-3-4-5-11-20-18(22)15-10-12-19-17(13-15)21-16-8-6-14(2)7-9-16/h6-10,12-13H,3-5,11H2,1-2H3,(H,19,21)(H,20,22). The molecule has 2 rings (SSSR count). The molecule has 0 saturated carbocycles. The molecule has 116 valence electrons. The average molecular weight is 297 g/mol. The normalized spacial score (nSPS) is 10.3. The number of hydrogen-bond donors (Lipinski definition) is 2. The van der Waals surface area contributed by atoms with Crippen LogP contribution in [-0.4, -0.2) is 17.4 Å². The molecule has 0 saturated heterocycles. The minimum atomic E-state index is -0.0505. The molecule has 22 heavy (non-hydrogen) atoms. The molecule has 0 spiro atoms. The van der Waals surface area contributed by atoms with Gasteiger partial charge < -0.3 is 10.6 Å². The first-order valence-corrected chi connectivity index (χ1v) is 7.77. The van der Waals surface area contributed by atoms with Crippen molar-refractivity contribution < 1.29 is 4.79 Å². The molecule has 1 amide bonds. The van der Waals surface area contributed by atoms with Gasteiger partial charge >= 0.3 is 0 Å². The first-order valence-electron chi connectivity index (χ1n) is 7.77. The molecular weight excluding hydrogens is 274 g/mol. The van der Waals surface area contributed by atoms with Crippen molar-refractivity contribution in [2.75, 3.05) is 11.9 Å². The highest BCUT2D eigenvalue weighted by molar-refractivity contribution is 5.94. The number of hydrogen-bond acceptors (Lipinski definition) is 3. The first-order chi connectivity index (χ1) is 10.7. The fourth-order valence-corrected chi connectivity index (χ4v) is 2.10. The number of benzene rings is 1. The Morgan fingerprint density at radius 1 is 1.14 bits per heavy atom. The third kappa shape index (κ3) is 4.88. The number of aryl methyl sites for hydroxylation is 1. The number of nitrogens with one attached hydrogen (secondary N) is 2. The van der Waals surface area contributed by atoms with Gasteiger partial charge in [0.2, 0.25) is 0 Å². The Kier molecular flexibility index (Phi) is 5.95. The molecule has 0 aliphatic heterocycles. The largest absolute Gasteiger partial charge is 0.352 e. The van der Waals surface area contributed by atoms with Crippen LogP contribution in [0.1, 0.15) is 42.1 Å². The van der Waals surface area contributed by atoms with E-state index in [-0.39, 0.29) is 5.91 Å². The third-order valence-corrected chi connectivity index (χ3v) is 3.41. The molecule has 2 N–H and O–H groups in total. The van der Waals surface area contributed by atoms with Gasteiger partial charge in [-0.25, -0.2) is 4.98 Å². The first kappa shape index (κ1) is 16.0. The predicted octanol–water partition coefficient (Wildman–Crippen LogP) is 4.05. The highest BCUT2D eigenvalue weighted by Crippen LogP contribution is 2.16. The molecule has 1 heterocycles. The van der Waals surface area contributed by atoms with E-state index < -0.39 is 0 Å². The van der Waals surface area contributed by atoms with Crippen molar-refractivity contribution in [3.63, 3.8) is 0 Å². The van der Waals surface area contributed by atoms with Gasteiger partial charge in [-0.3, -0.25) is 4.79 Å². The van der Waals surface area contributed by atoms with Crippen LogP contribution in [0.25, 0.3) is 0 Å². The van der Waals surface area contributed by atoms with Crippen molar-refractivity contribution in [3.05, 3.63) is 53.7 Å². The second kappa shape index (κ2) is 8.17. The lowest BCUT2D eigenvalue weighted by Gasteiger charge is -2.08. The van der Waals surface area contributed by atoms with Gasteiger partial charge in [-0.05, 0) is 37.6 Å². The number of carbonyl (C=O) groups excluding carboxylic acids is 1. The van der Waals surface area contributed by atoms with Gasteiger partial charge in [-0.2, -0.15) is 0 Å². The molecule has 2 aromatic rings. The molecule has 0 radical (unpaired) electrons. The Hall–Kier alpha value is -2.36. The summed E-state index contributed by atoms with van der Waals surface area (Å²) < 4.78 is 0. The van der Waals surface area contributed by atoms with Crippen LogP contribution < -0.4 is 10.6 Å². The van der Waals surface area contributed by atoms with E-state index in [1.54, 1.807) is 18.3 Å². The van der Waals surface area contributed by atoms with E-state index in [0.29, 0.717) is 11.4 Å². The van der Waals surface area contributed by atoms with Crippen LogP contribution in [0.5, 0.6) is 0 Å². The Bertz CT molecular complexity index is 608. The van der Waals surface area contributed by atoms with Gasteiger partial charge in [0.25, 0.3) is 5.91 Å². The van der Waals surface area contributed by atoms with Crippen molar-refractivity contribution in [3.8, 4) is 0 Å². The van der Waals surface area contributed by atoms with Gasteiger partial charge in [-0.1, -0.05) is 37.5 Å². The fourth-order valence-electron chi connectivity index (χ4n) is 2.10. The molecule has 4 nitrogen and oxygen atoms in total. The van der Waals surface area contributed by atoms with Crippen molar-refractivity contribution in [1.82, 2.24) is 10.3 Å². The van der Waals surface area contributed by atoms with E-state index >= 15 is 0 Å². The number of aromatic nitrogens is 1. The second-order valence-corrected chi connectivity index (χ2v) is 5.38. The summed E-state index contributed by atoms with van der Waals surface area (Å²) in [7, 11) is 0. The van der Waals surface area contributed by atoms with Crippen LogP contribution >= 0.6 is 0 Å². The second-order valence-electron chi connectivity index (χ2n) is 5.38. The summed E-state index contributed by atoms with van der Waals surface area (Å²) >= 11 is 0. The minimum Gasteiger partial charge on any atom is -0.352 e. The number of unbranched alkanes of at least 4 members (excludes halogenated alkanes) is 2. The molecule has 1 aromatic carbocycles. The molecule has 0 aliphatic rings. The summed E-state index contributed by atoms with van der Waals surface area (Å²) in [5.41, 5.74) is 2.79. The molecule has 0 fully saturated rings. The molecular formula is C18H23N3O. The Labute approximate surface area is 132 Å². The van der Waals surface area contributed by atoms with Crippen molar-refractivity contribution in [1.29, 1.82) is 0 Å². The SMILES string of the molecule is CCCCCNC(=O)c1ccnc(Nc2ccc(C)cc2)c1. The number of carbonyl (C=O) groups is 1. The van der Waals surface area contributed by atoms with Crippen LogP contribution in [-0.2, 0) is 0 Å². The zero-order valence-electron chi connectivity index (χ0n) is 13.2. The van der Waals surface area contributed by atoms with E-state index in [0.717, 1.165) is 31.5 Å². The summed E-state index contributed by atoms with van der Waals surface area (Å²) in [5, 5.41) is 6.15. The monoisotopic (exact) mass is 297 g/mol. The van der Waals surface area contributed by atoms with Crippen molar-refractivity contribution in [2.45, 2.75) is 33.1 Å². The number of rotatable bonds is 7. The Balaban J connectivity index is 1.97. The highest BCUT2D eigenvalue weighted by Gasteiger charge is 2.06. The topological polar surface area (TPSA) is 54.0 Å². The van der Waals surface area contributed by atoms with E-state index in [2.05, 4.69) is 22.5 Å². The van der Waals surface area contributed by atoms with Crippen LogP contribution in [0.2, 0.25) is 0 Å². The molecule has 0 aliphatic carbocycles. The predicted molar refractivity (Wildman–Crippen MR) is 90.6 cm³/mol.